The SMILES string of the molecule is Cc1ccc(C2(O)CCN(C[C@H]3COc4ccccc4O3)CC2)nc1. The first-order valence-electron chi connectivity index (χ1n) is 8.89. The Morgan fingerprint density at radius 2 is 1.92 bits per heavy atom. The minimum absolute atomic E-state index is 0.0265. The van der Waals surface area contributed by atoms with Crippen molar-refractivity contribution in [3.63, 3.8) is 0 Å². The summed E-state index contributed by atoms with van der Waals surface area (Å²) in [6.45, 7) is 5.04. The van der Waals surface area contributed by atoms with E-state index in [0.29, 0.717) is 19.4 Å². The lowest BCUT2D eigenvalue weighted by molar-refractivity contribution is -0.0401. The molecule has 0 radical (unpaired) electrons. The highest BCUT2D eigenvalue weighted by molar-refractivity contribution is 5.40. The fourth-order valence-electron chi connectivity index (χ4n) is 3.55. The Labute approximate surface area is 148 Å². The number of piperidine rings is 1. The molecule has 132 valence electrons. The van der Waals surface area contributed by atoms with Gasteiger partial charge in [0.05, 0.1) is 5.69 Å². The van der Waals surface area contributed by atoms with Crippen LogP contribution in [-0.4, -0.2) is 47.3 Å². The molecule has 25 heavy (non-hydrogen) atoms. The van der Waals surface area contributed by atoms with Gasteiger partial charge in [0.15, 0.2) is 11.5 Å². The second-order valence-electron chi connectivity index (χ2n) is 7.05. The number of ether oxygens (including phenoxy) is 2. The van der Waals surface area contributed by atoms with Crippen molar-refractivity contribution in [1.29, 1.82) is 0 Å². The lowest BCUT2D eigenvalue weighted by Crippen LogP contribution is -2.48. The molecule has 0 saturated carbocycles. The predicted molar refractivity (Wildman–Crippen MR) is 94.9 cm³/mol. The second-order valence-corrected chi connectivity index (χ2v) is 7.05. The van der Waals surface area contributed by atoms with Crippen LogP contribution in [0.3, 0.4) is 0 Å². The van der Waals surface area contributed by atoms with Gasteiger partial charge in [0.2, 0.25) is 0 Å². The Bertz CT molecular complexity index is 724. The first-order chi connectivity index (χ1) is 12.1. The Morgan fingerprint density at radius 3 is 2.64 bits per heavy atom. The van der Waals surface area contributed by atoms with E-state index in [1.807, 2.05) is 49.5 Å². The number of para-hydroxylation sites is 2. The van der Waals surface area contributed by atoms with E-state index < -0.39 is 5.60 Å². The first kappa shape index (κ1) is 16.4. The third-order valence-corrected chi connectivity index (χ3v) is 5.10. The summed E-state index contributed by atoms with van der Waals surface area (Å²) in [5.41, 5.74) is 1.07. The molecule has 2 aliphatic heterocycles. The molecule has 1 atom stereocenters. The van der Waals surface area contributed by atoms with Crippen LogP contribution in [0, 0.1) is 6.92 Å². The number of likely N-dealkylation sites (tertiary alicyclic amines) is 1. The smallest absolute Gasteiger partial charge is 0.161 e. The molecular weight excluding hydrogens is 316 g/mol. The van der Waals surface area contributed by atoms with Crippen LogP contribution in [0.4, 0.5) is 0 Å². The van der Waals surface area contributed by atoms with Crippen LogP contribution >= 0.6 is 0 Å². The molecular formula is C20H24N2O3. The average Bonchev–Trinajstić information content (AvgIpc) is 2.64. The third-order valence-electron chi connectivity index (χ3n) is 5.10. The van der Waals surface area contributed by atoms with Crippen LogP contribution in [-0.2, 0) is 5.60 Å². The van der Waals surface area contributed by atoms with Gasteiger partial charge in [0.25, 0.3) is 0 Å². The number of aliphatic hydroxyl groups is 1. The summed E-state index contributed by atoms with van der Waals surface area (Å²) in [5, 5.41) is 10.9. The molecule has 0 bridgehead atoms. The molecule has 5 nitrogen and oxygen atoms in total. The van der Waals surface area contributed by atoms with Crippen LogP contribution in [0.1, 0.15) is 24.1 Å². The Morgan fingerprint density at radius 1 is 1.16 bits per heavy atom. The van der Waals surface area contributed by atoms with Crippen molar-refractivity contribution in [3.05, 3.63) is 53.9 Å². The van der Waals surface area contributed by atoms with E-state index in [1.54, 1.807) is 0 Å². The molecule has 1 fully saturated rings. The molecule has 3 heterocycles. The van der Waals surface area contributed by atoms with Gasteiger partial charge in [-0.05, 0) is 43.5 Å². The third kappa shape index (κ3) is 3.48. The van der Waals surface area contributed by atoms with E-state index in [9.17, 15) is 5.11 Å². The van der Waals surface area contributed by atoms with Crippen molar-refractivity contribution in [2.45, 2.75) is 31.5 Å². The lowest BCUT2D eigenvalue weighted by Gasteiger charge is -2.39. The Kier molecular flexibility index (Phi) is 4.36. The molecule has 2 aliphatic rings. The quantitative estimate of drug-likeness (QED) is 0.930. The van der Waals surface area contributed by atoms with Crippen LogP contribution in [0.2, 0.25) is 0 Å². The van der Waals surface area contributed by atoms with Crippen molar-refractivity contribution < 1.29 is 14.6 Å². The van der Waals surface area contributed by atoms with E-state index in [4.69, 9.17) is 9.47 Å². The number of fused-ring (bicyclic) bond motifs is 1. The van der Waals surface area contributed by atoms with Gasteiger partial charge in [-0.2, -0.15) is 0 Å². The summed E-state index contributed by atoms with van der Waals surface area (Å²) in [6, 6.07) is 11.7. The molecule has 1 aromatic carbocycles. The number of nitrogens with zero attached hydrogens (tertiary/aromatic N) is 2. The Hall–Kier alpha value is -2.11. The van der Waals surface area contributed by atoms with Gasteiger partial charge in [-0.3, -0.25) is 9.88 Å². The topological polar surface area (TPSA) is 54.8 Å². The standard InChI is InChI=1S/C20H24N2O3/c1-15-6-7-19(21-12-15)20(23)8-10-22(11-9-20)13-16-14-24-17-4-2-3-5-18(17)25-16/h2-7,12,16,23H,8-11,13-14H2,1H3/t16-/m0/s1. The maximum absolute atomic E-state index is 10.9. The van der Waals surface area contributed by atoms with E-state index in [0.717, 1.165) is 42.4 Å². The zero-order valence-electron chi connectivity index (χ0n) is 14.5. The van der Waals surface area contributed by atoms with Gasteiger partial charge in [0, 0.05) is 25.8 Å². The average molecular weight is 340 g/mol. The van der Waals surface area contributed by atoms with E-state index in [1.165, 1.54) is 0 Å². The molecule has 1 saturated heterocycles. The molecule has 2 aromatic rings. The van der Waals surface area contributed by atoms with Gasteiger partial charge >= 0.3 is 0 Å². The second kappa shape index (κ2) is 6.65. The van der Waals surface area contributed by atoms with Crippen LogP contribution in [0.5, 0.6) is 11.5 Å². The number of hydrogen-bond acceptors (Lipinski definition) is 5. The molecule has 5 heteroatoms. The molecule has 1 N–H and O–H groups in total. The van der Waals surface area contributed by atoms with Crippen molar-refractivity contribution in [2.75, 3.05) is 26.2 Å². The van der Waals surface area contributed by atoms with Gasteiger partial charge in [-0.1, -0.05) is 18.2 Å². The number of pyridine rings is 1. The monoisotopic (exact) mass is 340 g/mol. The largest absolute Gasteiger partial charge is 0.486 e. The normalized spacial score (nSPS) is 22.6. The van der Waals surface area contributed by atoms with Crippen molar-refractivity contribution in [1.82, 2.24) is 9.88 Å². The van der Waals surface area contributed by atoms with Gasteiger partial charge in [-0.25, -0.2) is 0 Å². The molecule has 0 unspecified atom stereocenters. The fourth-order valence-corrected chi connectivity index (χ4v) is 3.55. The zero-order chi connectivity index (χ0) is 17.3. The number of benzene rings is 1. The summed E-state index contributed by atoms with van der Waals surface area (Å²) in [6.07, 6.45) is 3.23. The van der Waals surface area contributed by atoms with Gasteiger partial charge < -0.3 is 14.6 Å². The highest BCUT2D eigenvalue weighted by Crippen LogP contribution is 2.33. The van der Waals surface area contributed by atoms with Crippen LogP contribution in [0.25, 0.3) is 0 Å². The maximum Gasteiger partial charge on any atom is 0.161 e. The number of aryl methyl sites for hydroxylation is 1. The van der Waals surface area contributed by atoms with Crippen LogP contribution in [0.15, 0.2) is 42.6 Å². The predicted octanol–water partition coefficient (Wildman–Crippen LogP) is 2.51. The number of aromatic nitrogens is 1. The summed E-state index contributed by atoms with van der Waals surface area (Å²) in [5.74, 6) is 1.63. The van der Waals surface area contributed by atoms with Crippen molar-refractivity contribution in [3.8, 4) is 11.5 Å². The minimum atomic E-state index is -0.819. The summed E-state index contributed by atoms with van der Waals surface area (Å²) >= 11 is 0. The number of hydrogen-bond donors (Lipinski definition) is 1. The van der Waals surface area contributed by atoms with Crippen molar-refractivity contribution >= 4 is 0 Å². The molecule has 1 aromatic heterocycles. The molecule has 0 aliphatic carbocycles. The zero-order valence-corrected chi connectivity index (χ0v) is 14.5. The highest BCUT2D eigenvalue weighted by Gasteiger charge is 2.36. The molecule has 0 spiro atoms. The van der Waals surface area contributed by atoms with E-state index in [2.05, 4.69) is 9.88 Å². The van der Waals surface area contributed by atoms with Gasteiger partial charge in [-0.15, -0.1) is 0 Å². The van der Waals surface area contributed by atoms with Gasteiger partial charge in [0.1, 0.15) is 18.3 Å². The first-order valence-corrected chi connectivity index (χ1v) is 8.89. The fraction of sp³-hybridized carbons (Fsp3) is 0.450. The van der Waals surface area contributed by atoms with E-state index in [-0.39, 0.29) is 6.10 Å². The Balaban J connectivity index is 1.34. The summed E-state index contributed by atoms with van der Waals surface area (Å²) < 4.78 is 11.8. The maximum atomic E-state index is 10.9. The summed E-state index contributed by atoms with van der Waals surface area (Å²) in [4.78, 5) is 6.76. The highest BCUT2D eigenvalue weighted by atomic mass is 16.6. The molecule has 4 rings (SSSR count). The minimum Gasteiger partial charge on any atom is -0.486 e. The molecule has 0 amide bonds. The van der Waals surface area contributed by atoms with Crippen molar-refractivity contribution in [2.24, 2.45) is 0 Å². The summed E-state index contributed by atoms with van der Waals surface area (Å²) in [7, 11) is 0. The van der Waals surface area contributed by atoms with Crippen LogP contribution < -0.4 is 9.47 Å². The van der Waals surface area contributed by atoms with E-state index >= 15 is 0 Å². The number of rotatable bonds is 3. The lowest BCUT2D eigenvalue weighted by atomic mass is 9.87.